The van der Waals surface area contributed by atoms with Gasteiger partial charge in [0, 0.05) is 30.6 Å². The number of likely N-dealkylation sites (tertiary alicyclic amines) is 1. The molecule has 0 aromatic carbocycles. The quantitative estimate of drug-likeness (QED) is 0.738. The molecule has 1 saturated heterocycles. The predicted molar refractivity (Wildman–Crippen MR) is 88.0 cm³/mol. The molecule has 0 bridgehead atoms. The number of carbonyl (C=O) groups is 2. The van der Waals surface area contributed by atoms with E-state index in [4.69, 9.17) is 11.6 Å². The second kappa shape index (κ2) is 7.57. The summed E-state index contributed by atoms with van der Waals surface area (Å²) in [6.45, 7) is 1.05. The van der Waals surface area contributed by atoms with Crippen molar-refractivity contribution in [2.24, 2.45) is 0 Å². The number of hydrogen-bond donors (Lipinski definition) is 0. The van der Waals surface area contributed by atoms with E-state index in [0.29, 0.717) is 13.1 Å². The van der Waals surface area contributed by atoms with Crippen molar-refractivity contribution in [2.75, 3.05) is 13.1 Å². The minimum atomic E-state index is -2.64. The number of piperidine rings is 1. The van der Waals surface area contributed by atoms with Gasteiger partial charge in [-0.3, -0.25) is 14.3 Å². The van der Waals surface area contributed by atoms with Crippen LogP contribution in [0, 0.1) is 0 Å². The molecule has 3 rings (SSSR count). The van der Waals surface area contributed by atoms with Gasteiger partial charge in [0.2, 0.25) is 5.91 Å². The third kappa shape index (κ3) is 4.21. The molecule has 3 heterocycles. The molecule has 134 valence electrons. The van der Waals surface area contributed by atoms with E-state index in [9.17, 15) is 18.4 Å². The van der Waals surface area contributed by atoms with Crippen molar-refractivity contribution >= 4 is 34.1 Å². The van der Waals surface area contributed by atoms with Crippen molar-refractivity contribution in [3.63, 3.8) is 0 Å². The van der Waals surface area contributed by atoms with Crippen LogP contribution in [0.5, 0.6) is 0 Å². The van der Waals surface area contributed by atoms with Crippen LogP contribution in [0.1, 0.15) is 46.4 Å². The number of amides is 1. The molecule has 0 N–H and O–H groups in total. The summed E-state index contributed by atoms with van der Waals surface area (Å²) < 4.78 is 26.3. The van der Waals surface area contributed by atoms with Gasteiger partial charge in [-0.1, -0.05) is 0 Å². The Labute approximate surface area is 151 Å². The van der Waals surface area contributed by atoms with Crippen LogP contribution in [0.15, 0.2) is 17.6 Å². The van der Waals surface area contributed by atoms with Crippen LogP contribution in [-0.2, 0) is 11.3 Å². The molecule has 6 nitrogen and oxygen atoms in total. The van der Waals surface area contributed by atoms with Crippen molar-refractivity contribution < 1.29 is 18.4 Å². The third-order valence-corrected chi connectivity index (χ3v) is 5.30. The number of nitrogens with zero attached hydrogens (tertiary/aromatic N) is 4. The lowest BCUT2D eigenvalue weighted by molar-refractivity contribution is -0.133. The molecule has 1 aliphatic rings. The minimum Gasteiger partial charge on any atom is -0.341 e. The Hall–Kier alpha value is -1.87. The molecule has 0 unspecified atom stereocenters. The van der Waals surface area contributed by atoms with E-state index in [1.54, 1.807) is 10.3 Å². The smallest absolute Gasteiger partial charge is 0.282 e. The van der Waals surface area contributed by atoms with E-state index in [1.807, 2.05) is 0 Å². The van der Waals surface area contributed by atoms with E-state index in [0.717, 1.165) is 17.8 Å². The molecule has 10 heteroatoms. The lowest BCUT2D eigenvalue weighted by Crippen LogP contribution is -2.39. The molecule has 0 saturated carbocycles. The van der Waals surface area contributed by atoms with E-state index in [1.165, 1.54) is 28.3 Å². The van der Waals surface area contributed by atoms with E-state index < -0.39 is 11.7 Å². The van der Waals surface area contributed by atoms with Crippen LogP contribution in [0.2, 0.25) is 0 Å². The van der Waals surface area contributed by atoms with Gasteiger partial charge in [-0.2, -0.15) is 5.10 Å². The first-order valence-electron chi connectivity index (χ1n) is 7.68. The highest BCUT2D eigenvalue weighted by Crippen LogP contribution is 2.30. The monoisotopic (exact) mass is 388 g/mol. The summed E-state index contributed by atoms with van der Waals surface area (Å²) in [5, 5.41) is 5.61. The average molecular weight is 389 g/mol. The largest absolute Gasteiger partial charge is 0.341 e. The summed E-state index contributed by atoms with van der Waals surface area (Å²) in [5.74, 6) is 0.0343. The normalized spacial score (nSPS) is 15.8. The van der Waals surface area contributed by atoms with Crippen LogP contribution >= 0.6 is 22.9 Å². The summed E-state index contributed by atoms with van der Waals surface area (Å²) in [4.78, 5) is 29.3. The van der Waals surface area contributed by atoms with Gasteiger partial charge in [0.1, 0.15) is 17.9 Å². The van der Waals surface area contributed by atoms with Gasteiger partial charge in [0.15, 0.2) is 0 Å². The Balaban J connectivity index is 1.54. The fraction of sp³-hybridized carbons (Fsp3) is 0.467. The van der Waals surface area contributed by atoms with E-state index >= 15 is 0 Å². The van der Waals surface area contributed by atoms with Gasteiger partial charge >= 0.3 is 0 Å². The van der Waals surface area contributed by atoms with Crippen molar-refractivity contribution in [3.8, 4) is 0 Å². The molecule has 25 heavy (non-hydrogen) atoms. The maximum Gasteiger partial charge on any atom is 0.282 e. The molecule has 1 fully saturated rings. The Morgan fingerprint density at radius 2 is 2.08 bits per heavy atom. The molecular formula is C15H15ClF2N4O2S. The van der Waals surface area contributed by atoms with Crippen molar-refractivity contribution in [1.29, 1.82) is 0 Å². The number of thiazole rings is 1. The van der Waals surface area contributed by atoms with E-state index in [-0.39, 0.29) is 29.8 Å². The zero-order chi connectivity index (χ0) is 18.0. The average Bonchev–Trinajstić information content (AvgIpc) is 3.24. The van der Waals surface area contributed by atoms with Crippen molar-refractivity contribution in [3.05, 3.63) is 34.0 Å². The first-order valence-corrected chi connectivity index (χ1v) is 8.94. The molecule has 1 amide bonds. The maximum atomic E-state index is 12.5. The summed E-state index contributed by atoms with van der Waals surface area (Å²) in [7, 11) is 0. The highest BCUT2D eigenvalue weighted by Gasteiger charge is 2.26. The Bertz CT molecular complexity index is 771. The van der Waals surface area contributed by atoms with Crippen LogP contribution in [-0.4, -0.2) is 43.9 Å². The number of alkyl halides is 2. The molecule has 2 aromatic heterocycles. The Morgan fingerprint density at radius 3 is 2.64 bits per heavy atom. The first-order chi connectivity index (χ1) is 11.9. The lowest BCUT2D eigenvalue weighted by Gasteiger charge is -2.31. The number of aromatic nitrogens is 3. The summed E-state index contributed by atoms with van der Waals surface area (Å²) in [6.07, 6.45) is 0.203. The SMILES string of the molecule is O=C(Cl)c1csc(C2CCN(C(=O)Cn3ccc(C(F)F)n3)CC2)n1. The lowest BCUT2D eigenvalue weighted by atomic mass is 9.97. The number of rotatable bonds is 5. The zero-order valence-corrected chi connectivity index (χ0v) is 14.6. The van der Waals surface area contributed by atoms with Gasteiger partial charge in [0.25, 0.3) is 11.7 Å². The fourth-order valence-corrected chi connectivity index (χ4v) is 3.89. The Kier molecular flexibility index (Phi) is 5.43. The van der Waals surface area contributed by atoms with Crippen LogP contribution in [0.3, 0.4) is 0 Å². The molecular weight excluding hydrogens is 374 g/mol. The highest BCUT2D eigenvalue weighted by molar-refractivity contribution is 7.10. The van der Waals surface area contributed by atoms with Crippen molar-refractivity contribution in [2.45, 2.75) is 31.7 Å². The van der Waals surface area contributed by atoms with Crippen LogP contribution < -0.4 is 0 Å². The predicted octanol–water partition coefficient (Wildman–Crippen LogP) is 3.06. The number of hydrogen-bond acceptors (Lipinski definition) is 5. The molecule has 0 radical (unpaired) electrons. The zero-order valence-electron chi connectivity index (χ0n) is 13.1. The summed E-state index contributed by atoms with van der Waals surface area (Å²) >= 11 is 6.81. The van der Waals surface area contributed by atoms with Gasteiger partial charge in [-0.15, -0.1) is 11.3 Å². The standard InChI is InChI=1S/C15H15ClF2N4O2S/c16-13(24)11-8-25-15(19-11)9-1-4-21(5-2-9)12(23)7-22-6-3-10(20-22)14(17)18/h3,6,8-9,14H,1-2,4-5,7H2. The van der Waals surface area contributed by atoms with Gasteiger partial charge < -0.3 is 4.90 Å². The molecule has 0 spiro atoms. The Morgan fingerprint density at radius 1 is 1.36 bits per heavy atom. The first kappa shape index (κ1) is 17.9. The number of halogens is 3. The van der Waals surface area contributed by atoms with Gasteiger partial charge in [-0.05, 0) is 30.5 Å². The molecule has 0 atom stereocenters. The van der Waals surface area contributed by atoms with Gasteiger partial charge in [-0.25, -0.2) is 13.8 Å². The summed E-state index contributed by atoms with van der Waals surface area (Å²) in [5.41, 5.74) is -0.0754. The van der Waals surface area contributed by atoms with Crippen LogP contribution in [0.25, 0.3) is 0 Å². The third-order valence-electron chi connectivity index (χ3n) is 4.10. The summed E-state index contributed by atoms with van der Waals surface area (Å²) in [6, 6.07) is 1.21. The molecule has 0 aliphatic carbocycles. The molecule has 2 aromatic rings. The van der Waals surface area contributed by atoms with Crippen molar-refractivity contribution in [1.82, 2.24) is 19.7 Å². The second-order valence-electron chi connectivity index (χ2n) is 5.74. The number of carbonyl (C=O) groups excluding carboxylic acids is 2. The second-order valence-corrected chi connectivity index (χ2v) is 6.97. The fourth-order valence-electron chi connectivity index (χ4n) is 2.76. The van der Waals surface area contributed by atoms with E-state index in [2.05, 4.69) is 10.1 Å². The topological polar surface area (TPSA) is 68.1 Å². The van der Waals surface area contributed by atoms with Crippen LogP contribution in [0.4, 0.5) is 8.78 Å². The maximum absolute atomic E-state index is 12.5. The minimum absolute atomic E-state index is 0.0560. The molecule has 1 aliphatic heterocycles. The van der Waals surface area contributed by atoms with Gasteiger partial charge in [0.05, 0.1) is 5.01 Å². The highest BCUT2D eigenvalue weighted by atomic mass is 35.5.